The van der Waals surface area contributed by atoms with Crippen molar-refractivity contribution in [1.29, 1.82) is 0 Å². The van der Waals surface area contributed by atoms with Gasteiger partial charge in [-0.2, -0.15) is 5.10 Å². The van der Waals surface area contributed by atoms with Crippen LogP contribution in [0.25, 0.3) is 10.9 Å². The van der Waals surface area contributed by atoms with Crippen LogP contribution < -0.4 is 9.64 Å². The Balaban J connectivity index is 1.55. The molecule has 2 aliphatic heterocycles. The molecule has 0 bridgehead atoms. The van der Waals surface area contributed by atoms with Gasteiger partial charge in [-0.25, -0.2) is 4.98 Å². The molecule has 0 spiro atoms. The number of benzene rings is 1. The second-order valence-electron chi connectivity index (χ2n) is 8.29. The van der Waals surface area contributed by atoms with Crippen molar-refractivity contribution in [2.75, 3.05) is 31.8 Å². The zero-order chi connectivity index (χ0) is 19.8. The second-order valence-corrected chi connectivity index (χ2v) is 8.29. The molecule has 1 atom stereocenters. The van der Waals surface area contributed by atoms with Crippen molar-refractivity contribution < 1.29 is 9.47 Å². The number of rotatable bonds is 4. The summed E-state index contributed by atoms with van der Waals surface area (Å²) in [6, 6.07) is 10.8. The zero-order valence-corrected chi connectivity index (χ0v) is 17.2. The van der Waals surface area contributed by atoms with Gasteiger partial charge in [0.15, 0.2) is 0 Å². The van der Waals surface area contributed by atoms with Crippen LogP contribution in [0.2, 0.25) is 0 Å². The van der Waals surface area contributed by atoms with Crippen LogP contribution >= 0.6 is 0 Å². The van der Waals surface area contributed by atoms with Crippen molar-refractivity contribution in [1.82, 2.24) is 14.8 Å². The fraction of sp³-hybridized carbons (Fsp3) is 0.478. The molecule has 2 aliphatic rings. The van der Waals surface area contributed by atoms with Gasteiger partial charge < -0.3 is 14.4 Å². The lowest BCUT2D eigenvalue weighted by Crippen LogP contribution is -2.42. The van der Waals surface area contributed by atoms with Crippen LogP contribution in [-0.2, 0) is 17.7 Å². The zero-order valence-electron chi connectivity index (χ0n) is 17.2. The van der Waals surface area contributed by atoms with E-state index in [9.17, 15) is 0 Å². The number of anilines is 1. The van der Waals surface area contributed by atoms with Gasteiger partial charge in [-0.3, -0.25) is 4.68 Å². The number of hydrogen-bond acceptors (Lipinski definition) is 5. The van der Waals surface area contributed by atoms with Gasteiger partial charge in [0.2, 0.25) is 0 Å². The van der Waals surface area contributed by atoms with Gasteiger partial charge in [-0.05, 0) is 48.9 Å². The highest BCUT2D eigenvalue weighted by Gasteiger charge is 2.31. The number of aromatic nitrogens is 3. The molecule has 0 amide bonds. The molecule has 2 aromatic heterocycles. The van der Waals surface area contributed by atoms with Crippen LogP contribution in [0.5, 0.6) is 5.75 Å². The molecule has 6 nitrogen and oxygen atoms in total. The first-order valence-corrected chi connectivity index (χ1v) is 10.5. The maximum absolute atomic E-state index is 5.61. The minimum absolute atomic E-state index is 0.500. The summed E-state index contributed by atoms with van der Waals surface area (Å²) in [5.41, 5.74) is 3.57. The molecule has 6 heteroatoms. The molecule has 1 saturated heterocycles. The van der Waals surface area contributed by atoms with E-state index in [4.69, 9.17) is 19.6 Å². The topological polar surface area (TPSA) is 52.4 Å². The van der Waals surface area contributed by atoms with E-state index >= 15 is 0 Å². The Morgan fingerprint density at radius 1 is 1.14 bits per heavy atom. The molecule has 1 aromatic carbocycles. The van der Waals surface area contributed by atoms with Crippen LogP contribution in [0.3, 0.4) is 0 Å². The maximum Gasteiger partial charge on any atom is 0.140 e. The highest BCUT2D eigenvalue weighted by atomic mass is 16.5. The molecule has 3 aromatic rings. The van der Waals surface area contributed by atoms with E-state index in [1.54, 1.807) is 7.11 Å². The van der Waals surface area contributed by atoms with Crippen LogP contribution in [0.1, 0.15) is 31.0 Å². The molecule has 29 heavy (non-hydrogen) atoms. The number of pyridine rings is 1. The first-order chi connectivity index (χ1) is 14.2. The largest absolute Gasteiger partial charge is 0.497 e. The fourth-order valence-corrected chi connectivity index (χ4v) is 4.70. The predicted octanol–water partition coefficient (Wildman–Crippen LogP) is 3.67. The lowest BCUT2D eigenvalue weighted by molar-refractivity contribution is 0.0838. The third kappa shape index (κ3) is 3.46. The van der Waals surface area contributed by atoms with Gasteiger partial charge in [0.1, 0.15) is 11.6 Å². The van der Waals surface area contributed by atoms with Crippen molar-refractivity contribution in [3.8, 4) is 5.75 Å². The smallest absolute Gasteiger partial charge is 0.140 e. The Bertz CT molecular complexity index is 992. The molecular weight excluding hydrogens is 364 g/mol. The summed E-state index contributed by atoms with van der Waals surface area (Å²) in [6.45, 7) is 5.79. The monoisotopic (exact) mass is 392 g/mol. The van der Waals surface area contributed by atoms with Crippen molar-refractivity contribution in [3.05, 3.63) is 47.8 Å². The van der Waals surface area contributed by atoms with Crippen LogP contribution in [-0.4, -0.2) is 47.7 Å². The van der Waals surface area contributed by atoms with E-state index in [1.807, 2.05) is 18.3 Å². The van der Waals surface area contributed by atoms with E-state index < -0.39 is 0 Å². The fourth-order valence-electron chi connectivity index (χ4n) is 4.70. The third-order valence-corrected chi connectivity index (χ3v) is 6.16. The molecule has 0 saturated carbocycles. The van der Waals surface area contributed by atoms with Gasteiger partial charge in [0.05, 0.1) is 30.3 Å². The van der Waals surface area contributed by atoms with E-state index in [-0.39, 0.29) is 0 Å². The average molecular weight is 393 g/mol. The van der Waals surface area contributed by atoms with Gasteiger partial charge in [0, 0.05) is 32.0 Å². The highest BCUT2D eigenvalue weighted by Crippen LogP contribution is 2.35. The van der Waals surface area contributed by atoms with Crippen LogP contribution in [0, 0.1) is 5.92 Å². The summed E-state index contributed by atoms with van der Waals surface area (Å²) in [5.74, 6) is 2.52. The highest BCUT2D eigenvalue weighted by molar-refractivity contribution is 5.93. The molecule has 0 aliphatic carbocycles. The Labute approximate surface area is 171 Å². The molecule has 1 fully saturated rings. The number of nitrogens with zero attached hydrogens (tertiary/aromatic N) is 4. The van der Waals surface area contributed by atoms with Crippen molar-refractivity contribution in [2.24, 2.45) is 5.92 Å². The van der Waals surface area contributed by atoms with Crippen molar-refractivity contribution >= 4 is 16.7 Å². The number of hydrogen-bond donors (Lipinski definition) is 0. The SMILES string of the molecule is COc1ccc(Cn2nc3c4c(nccc42)N(C2CCOCC2)CC(C)C3)cc1. The molecule has 152 valence electrons. The van der Waals surface area contributed by atoms with E-state index in [0.717, 1.165) is 57.1 Å². The summed E-state index contributed by atoms with van der Waals surface area (Å²) in [7, 11) is 1.70. The van der Waals surface area contributed by atoms with E-state index in [2.05, 4.69) is 34.7 Å². The predicted molar refractivity (Wildman–Crippen MR) is 114 cm³/mol. The van der Waals surface area contributed by atoms with E-state index in [0.29, 0.717) is 12.0 Å². The van der Waals surface area contributed by atoms with Crippen LogP contribution in [0.15, 0.2) is 36.5 Å². The minimum Gasteiger partial charge on any atom is -0.497 e. The van der Waals surface area contributed by atoms with Gasteiger partial charge in [-0.1, -0.05) is 19.1 Å². The third-order valence-electron chi connectivity index (χ3n) is 6.16. The lowest BCUT2D eigenvalue weighted by atomic mass is 10.0. The van der Waals surface area contributed by atoms with Crippen molar-refractivity contribution in [2.45, 2.75) is 38.8 Å². The minimum atomic E-state index is 0.500. The number of methoxy groups -OCH3 is 1. The molecule has 0 N–H and O–H groups in total. The first-order valence-electron chi connectivity index (χ1n) is 10.5. The summed E-state index contributed by atoms with van der Waals surface area (Å²) in [4.78, 5) is 7.38. The Kier molecular flexibility index (Phi) is 4.87. The van der Waals surface area contributed by atoms with Gasteiger partial charge in [0.25, 0.3) is 0 Å². The second kappa shape index (κ2) is 7.67. The quantitative estimate of drug-likeness (QED) is 0.678. The molecule has 0 radical (unpaired) electrons. The molecule has 5 rings (SSSR count). The maximum atomic E-state index is 5.61. The Morgan fingerprint density at radius 2 is 1.93 bits per heavy atom. The normalized spacial score (nSPS) is 20.1. The molecule has 1 unspecified atom stereocenters. The molecular formula is C23H28N4O2. The Hall–Kier alpha value is -2.60. The van der Waals surface area contributed by atoms with E-state index in [1.165, 1.54) is 22.2 Å². The number of ether oxygens (including phenoxy) is 2. The summed E-state index contributed by atoms with van der Waals surface area (Å²) >= 11 is 0. The van der Waals surface area contributed by atoms with Gasteiger partial charge in [-0.15, -0.1) is 0 Å². The Morgan fingerprint density at radius 3 is 2.69 bits per heavy atom. The molecule has 4 heterocycles. The summed E-state index contributed by atoms with van der Waals surface area (Å²) in [5, 5.41) is 6.28. The first kappa shape index (κ1) is 18.4. The standard InChI is InChI=1S/C23H28N4O2/c1-16-13-20-22-21(27(25-20)15-17-3-5-19(28-2)6-4-17)7-10-24-23(22)26(14-16)18-8-11-29-12-9-18/h3-7,10,16,18H,8-9,11-15H2,1-2H3. The van der Waals surface area contributed by atoms with Crippen LogP contribution in [0.4, 0.5) is 5.82 Å². The lowest BCUT2D eigenvalue weighted by Gasteiger charge is -2.36. The van der Waals surface area contributed by atoms with Gasteiger partial charge >= 0.3 is 0 Å². The summed E-state index contributed by atoms with van der Waals surface area (Å²) in [6.07, 6.45) is 5.07. The summed E-state index contributed by atoms with van der Waals surface area (Å²) < 4.78 is 13.0. The average Bonchev–Trinajstić information content (AvgIpc) is 3.02. The van der Waals surface area contributed by atoms with Crippen molar-refractivity contribution in [3.63, 3.8) is 0 Å².